The summed E-state index contributed by atoms with van der Waals surface area (Å²) in [6.07, 6.45) is 10.9. The highest BCUT2D eigenvalue weighted by molar-refractivity contribution is 4.93. The second-order valence-corrected chi connectivity index (χ2v) is 7.18. The molecule has 1 saturated carbocycles. The molecule has 0 radical (unpaired) electrons. The molecule has 1 aromatic heterocycles. The van der Waals surface area contributed by atoms with Gasteiger partial charge in [0.05, 0.1) is 19.8 Å². The molecule has 130 valence electrons. The van der Waals surface area contributed by atoms with Gasteiger partial charge in [-0.05, 0) is 25.2 Å². The third kappa shape index (κ3) is 4.55. The van der Waals surface area contributed by atoms with Gasteiger partial charge in [0.1, 0.15) is 5.82 Å². The van der Waals surface area contributed by atoms with Crippen molar-refractivity contribution < 1.29 is 4.74 Å². The smallest absolute Gasteiger partial charge is 0.122 e. The zero-order chi connectivity index (χ0) is 16.0. The maximum atomic E-state index is 5.51. The highest BCUT2D eigenvalue weighted by atomic mass is 16.5. The van der Waals surface area contributed by atoms with E-state index >= 15 is 0 Å². The van der Waals surface area contributed by atoms with Crippen molar-refractivity contribution in [3.05, 3.63) is 18.2 Å². The standard InChI is InChI=1S/C18H32N4O/c1-2-22-9-8-20-17(22)14-19-15-18(6-4-3-5-7-18)16-21-10-12-23-13-11-21/h8-9,19H,2-7,10-16H2,1H3. The first kappa shape index (κ1) is 16.9. The predicted octanol–water partition coefficient (Wildman–Crippen LogP) is 2.28. The van der Waals surface area contributed by atoms with Crippen molar-refractivity contribution in [2.24, 2.45) is 5.41 Å². The van der Waals surface area contributed by atoms with E-state index in [0.717, 1.165) is 51.8 Å². The topological polar surface area (TPSA) is 42.3 Å². The maximum absolute atomic E-state index is 5.51. The minimum Gasteiger partial charge on any atom is -0.379 e. The summed E-state index contributed by atoms with van der Waals surface area (Å²) in [7, 11) is 0. The summed E-state index contributed by atoms with van der Waals surface area (Å²) in [6.45, 7) is 10.4. The van der Waals surface area contributed by atoms with E-state index < -0.39 is 0 Å². The van der Waals surface area contributed by atoms with Gasteiger partial charge in [0.25, 0.3) is 0 Å². The summed E-state index contributed by atoms with van der Waals surface area (Å²) >= 11 is 0. The van der Waals surface area contributed by atoms with E-state index in [0.29, 0.717) is 5.41 Å². The summed E-state index contributed by atoms with van der Waals surface area (Å²) in [5.74, 6) is 1.16. The van der Waals surface area contributed by atoms with Crippen molar-refractivity contribution in [3.63, 3.8) is 0 Å². The van der Waals surface area contributed by atoms with E-state index in [1.807, 2.05) is 6.20 Å². The fourth-order valence-corrected chi connectivity index (χ4v) is 4.16. The molecule has 2 aliphatic rings. The molecule has 5 nitrogen and oxygen atoms in total. The number of aryl methyl sites for hydroxylation is 1. The SMILES string of the molecule is CCn1ccnc1CNCC1(CN2CCOCC2)CCCCC1. The Bertz CT molecular complexity index is 461. The molecule has 1 N–H and O–H groups in total. The molecule has 0 unspecified atom stereocenters. The highest BCUT2D eigenvalue weighted by Crippen LogP contribution is 2.36. The molecule has 0 aromatic carbocycles. The monoisotopic (exact) mass is 320 g/mol. The number of nitrogens with zero attached hydrogens (tertiary/aromatic N) is 3. The van der Waals surface area contributed by atoms with E-state index in [1.54, 1.807) is 0 Å². The lowest BCUT2D eigenvalue weighted by Gasteiger charge is -2.42. The third-order valence-corrected chi connectivity index (χ3v) is 5.50. The van der Waals surface area contributed by atoms with Crippen LogP contribution in [0, 0.1) is 5.41 Å². The molecule has 1 saturated heterocycles. The molecular formula is C18H32N4O. The van der Waals surface area contributed by atoms with Crippen molar-refractivity contribution in [2.45, 2.75) is 52.1 Å². The van der Waals surface area contributed by atoms with Crippen LogP contribution in [0.1, 0.15) is 44.9 Å². The molecule has 0 bridgehead atoms. The van der Waals surface area contributed by atoms with E-state index in [2.05, 4.69) is 32.9 Å². The predicted molar refractivity (Wildman–Crippen MR) is 92.4 cm³/mol. The van der Waals surface area contributed by atoms with Crippen molar-refractivity contribution in [1.29, 1.82) is 0 Å². The number of aromatic nitrogens is 2. The Morgan fingerprint density at radius 1 is 1.22 bits per heavy atom. The van der Waals surface area contributed by atoms with Gasteiger partial charge in [0.15, 0.2) is 0 Å². The van der Waals surface area contributed by atoms with Crippen LogP contribution in [-0.2, 0) is 17.8 Å². The minimum atomic E-state index is 0.444. The van der Waals surface area contributed by atoms with E-state index in [9.17, 15) is 0 Å². The quantitative estimate of drug-likeness (QED) is 0.837. The average molecular weight is 320 g/mol. The van der Waals surface area contributed by atoms with Crippen LogP contribution in [0.3, 0.4) is 0 Å². The highest BCUT2D eigenvalue weighted by Gasteiger charge is 2.34. The van der Waals surface area contributed by atoms with Crippen molar-refractivity contribution in [1.82, 2.24) is 19.8 Å². The lowest BCUT2D eigenvalue weighted by Crippen LogP contribution is -2.48. The Labute approximate surface area is 140 Å². The Kier molecular flexibility index (Phi) is 6.08. The van der Waals surface area contributed by atoms with Crippen molar-refractivity contribution in [3.8, 4) is 0 Å². The minimum absolute atomic E-state index is 0.444. The summed E-state index contributed by atoms with van der Waals surface area (Å²) in [4.78, 5) is 7.10. The summed E-state index contributed by atoms with van der Waals surface area (Å²) in [5, 5.41) is 3.72. The Morgan fingerprint density at radius 3 is 2.74 bits per heavy atom. The molecule has 1 aliphatic carbocycles. The second kappa shape index (κ2) is 8.27. The van der Waals surface area contributed by atoms with Crippen molar-refractivity contribution >= 4 is 0 Å². The Balaban J connectivity index is 1.55. The van der Waals surface area contributed by atoms with E-state index in [4.69, 9.17) is 4.74 Å². The van der Waals surface area contributed by atoms with Crippen LogP contribution in [0.15, 0.2) is 12.4 Å². The van der Waals surface area contributed by atoms with Gasteiger partial charge in [0.2, 0.25) is 0 Å². The molecule has 0 atom stereocenters. The van der Waals surface area contributed by atoms with Gasteiger partial charge in [-0.1, -0.05) is 19.3 Å². The van der Waals surface area contributed by atoms with Crippen LogP contribution in [0.25, 0.3) is 0 Å². The first-order valence-electron chi connectivity index (χ1n) is 9.32. The lowest BCUT2D eigenvalue weighted by molar-refractivity contribution is 0.00709. The van der Waals surface area contributed by atoms with Crippen LogP contribution >= 0.6 is 0 Å². The van der Waals surface area contributed by atoms with Gasteiger partial charge in [-0.2, -0.15) is 0 Å². The summed E-state index contributed by atoms with van der Waals surface area (Å²) < 4.78 is 7.73. The van der Waals surface area contributed by atoms with Crippen LogP contribution in [0.4, 0.5) is 0 Å². The molecule has 1 aromatic rings. The number of hydrogen-bond acceptors (Lipinski definition) is 4. The molecule has 0 amide bonds. The first-order chi connectivity index (χ1) is 11.3. The zero-order valence-electron chi connectivity index (χ0n) is 14.6. The number of morpholine rings is 1. The molecule has 1 aliphatic heterocycles. The number of imidazole rings is 1. The number of hydrogen-bond donors (Lipinski definition) is 1. The van der Waals surface area contributed by atoms with Crippen LogP contribution < -0.4 is 5.32 Å². The Morgan fingerprint density at radius 2 is 2.00 bits per heavy atom. The van der Waals surface area contributed by atoms with E-state index in [-0.39, 0.29) is 0 Å². The normalized spacial score (nSPS) is 22.3. The van der Waals surface area contributed by atoms with Gasteiger partial charge in [-0.3, -0.25) is 4.90 Å². The fourth-order valence-electron chi connectivity index (χ4n) is 4.16. The second-order valence-electron chi connectivity index (χ2n) is 7.18. The average Bonchev–Trinajstić information content (AvgIpc) is 3.04. The van der Waals surface area contributed by atoms with Crippen molar-refractivity contribution in [2.75, 3.05) is 39.4 Å². The van der Waals surface area contributed by atoms with Crippen LogP contribution in [0.2, 0.25) is 0 Å². The lowest BCUT2D eigenvalue weighted by atomic mass is 9.73. The first-order valence-corrected chi connectivity index (χ1v) is 9.32. The fraction of sp³-hybridized carbons (Fsp3) is 0.833. The molecule has 5 heteroatoms. The number of ether oxygens (including phenoxy) is 1. The molecular weight excluding hydrogens is 288 g/mol. The van der Waals surface area contributed by atoms with Crippen LogP contribution in [0.5, 0.6) is 0 Å². The maximum Gasteiger partial charge on any atom is 0.122 e. The summed E-state index contributed by atoms with van der Waals surface area (Å²) in [5.41, 5.74) is 0.444. The third-order valence-electron chi connectivity index (χ3n) is 5.50. The molecule has 0 spiro atoms. The molecule has 2 heterocycles. The molecule has 23 heavy (non-hydrogen) atoms. The van der Waals surface area contributed by atoms with Gasteiger partial charge < -0.3 is 14.6 Å². The number of nitrogens with one attached hydrogen (secondary N) is 1. The Hall–Kier alpha value is -0.910. The largest absolute Gasteiger partial charge is 0.379 e. The van der Waals surface area contributed by atoms with Gasteiger partial charge >= 0.3 is 0 Å². The molecule has 3 rings (SSSR count). The zero-order valence-corrected chi connectivity index (χ0v) is 14.6. The van der Waals surface area contributed by atoms with Gasteiger partial charge in [0, 0.05) is 45.1 Å². The van der Waals surface area contributed by atoms with E-state index in [1.165, 1.54) is 38.6 Å². The van der Waals surface area contributed by atoms with Gasteiger partial charge in [-0.15, -0.1) is 0 Å². The van der Waals surface area contributed by atoms with Gasteiger partial charge in [-0.25, -0.2) is 4.98 Å². The number of rotatable bonds is 7. The van der Waals surface area contributed by atoms with Crippen LogP contribution in [-0.4, -0.2) is 53.8 Å². The molecule has 2 fully saturated rings. The summed E-state index contributed by atoms with van der Waals surface area (Å²) in [6, 6.07) is 0.